The van der Waals surface area contributed by atoms with E-state index in [1.807, 2.05) is 30.1 Å². The van der Waals surface area contributed by atoms with E-state index in [1.165, 1.54) is 0 Å². The minimum Gasteiger partial charge on any atom is -0.378 e. The Hall–Kier alpha value is -1.93. The van der Waals surface area contributed by atoms with Gasteiger partial charge in [0.1, 0.15) is 11.6 Å². The summed E-state index contributed by atoms with van der Waals surface area (Å²) in [6.07, 6.45) is 8.05. The second-order valence-electron chi connectivity index (χ2n) is 8.62. The Morgan fingerprint density at radius 3 is 2.55 bits per heavy atom. The Labute approximate surface area is 173 Å². The smallest absolute Gasteiger partial charge is 0.227 e. The number of ether oxygens (including phenoxy) is 1. The van der Waals surface area contributed by atoms with Crippen molar-refractivity contribution in [3.63, 3.8) is 0 Å². The summed E-state index contributed by atoms with van der Waals surface area (Å²) in [6, 6.07) is 0.566. The van der Waals surface area contributed by atoms with E-state index in [-0.39, 0.29) is 5.92 Å². The van der Waals surface area contributed by atoms with Crippen LogP contribution in [0.5, 0.6) is 0 Å². The van der Waals surface area contributed by atoms with E-state index in [0.29, 0.717) is 25.2 Å². The lowest BCUT2D eigenvalue weighted by molar-refractivity contribution is -0.141. The molecular weight excluding hydrogens is 368 g/mol. The van der Waals surface area contributed by atoms with Crippen LogP contribution in [0.4, 0.5) is 11.6 Å². The Morgan fingerprint density at radius 1 is 1.07 bits per heavy atom. The lowest BCUT2D eigenvalue weighted by Gasteiger charge is -2.43. The molecule has 4 rings (SSSR count). The van der Waals surface area contributed by atoms with Crippen LogP contribution in [-0.2, 0) is 9.53 Å². The second kappa shape index (κ2) is 9.26. The first-order valence-electron chi connectivity index (χ1n) is 11.0. The molecule has 1 unspecified atom stereocenters. The minimum absolute atomic E-state index is 0.155. The Kier molecular flexibility index (Phi) is 6.50. The molecule has 0 bridgehead atoms. The number of nitrogens with zero attached hydrogens (tertiary/aromatic N) is 6. The number of carbonyl (C=O) groups excluding carboxylic acids is 1. The van der Waals surface area contributed by atoms with Crippen molar-refractivity contribution in [2.24, 2.45) is 5.92 Å². The van der Waals surface area contributed by atoms with E-state index in [2.05, 4.69) is 14.8 Å². The van der Waals surface area contributed by atoms with Crippen molar-refractivity contribution < 1.29 is 9.53 Å². The van der Waals surface area contributed by atoms with Gasteiger partial charge in [-0.3, -0.25) is 14.7 Å². The van der Waals surface area contributed by atoms with Crippen LogP contribution in [0, 0.1) is 5.92 Å². The molecule has 3 saturated heterocycles. The van der Waals surface area contributed by atoms with E-state index < -0.39 is 0 Å². The van der Waals surface area contributed by atoms with E-state index >= 15 is 0 Å². The summed E-state index contributed by atoms with van der Waals surface area (Å²) in [5.41, 5.74) is 0. The van der Waals surface area contributed by atoms with Gasteiger partial charge in [-0.05, 0) is 32.2 Å². The van der Waals surface area contributed by atoms with Gasteiger partial charge in [0.25, 0.3) is 0 Å². The molecule has 3 fully saturated rings. The van der Waals surface area contributed by atoms with Gasteiger partial charge >= 0.3 is 0 Å². The fourth-order valence-electron chi connectivity index (χ4n) is 4.76. The molecular formula is C21H34N6O2. The van der Waals surface area contributed by atoms with Gasteiger partial charge in [0.2, 0.25) is 5.91 Å². The van der Waals surface area contributed by atoms with Crippen LogP contribution in [-0.4, -0.2) is 98.3 Å². The molecule has 0 aliphatic carbocycles. The second-order valence-corrected chi connectivity index (χ2v) is 8.62. The first kappa shape index (κ1) is 20.3. The maximum Gasteiger partial charge on any atom is 0.227 e. The summed E-state index contributed by atoms with van der Waals surface area (Å²) in [7, 11) is 3.98. The lowest BCUT2D eigenvalue weighted by Crippen LogP contribution is -2.52. The molecule has 0 spiro atoms. The SMILES string of the molecule is CN(C)c1cncc(N2CCC(N3CCCC(C(=O)N4CCOCC4)C3)CC2)n1. The number of hydrogen-bond acceptors (Lipinski definition) is 7. The molecule has 0 radical (unpaired) electrons. The molecule has 0 N–H and O–H groups in total. The quantitative estimate of drug-likeness (QED) is 0.747. The minimum atomic E-state index is 0.155. The Balaban J connectivity index is 1.31. The van der Waals surface area contributed by atoms with Crippen LogP contribution in [0.3, 0.4) is 0 Å². The number of piperidine rings is 2. The predicted octanol–water partition coefficient (Wildman–Crippen LogP) is 1.08. The number of rotatable bonds is 4. The van der Waals surface area contributed by atoms with Crippen LogP contribution >= 0.6 is 0 Å². The number of amides is 1. The molecule has 0 saturated carbocycles. The van der Waals surface area contributed by atoms with Gasteiger partial charge in [-0.25, -0.2) is 4.98 Å². The molecule has 4 heterocycles. The van der Waals surface area contributed by atoms with E-state index in [4.69, 9.17) is 9.72 Å². The van der Waals surface area contributed by atoms with Crippen LogP contribution in [0.25, 0.3) is 0 Å². The summed E-state index contributed by atoms with van der Waals surface area (Å²) >= 11 is 0. The average molecular weight is 403 g/mol. The highest BCUT2D eigenvalue weighted by atomic mass is 16.5. The third-order valence-corrected chi connectivity index (χ3v) is 6.50. The van der Waals surface area contributed by atoms with Crippen LogP contribution < -0.4 is 9.80 Å². The number of likely N-dealkylation sites (tertiary alicyclic amines) is 1. The molecule has 1 aromatic heterocycles. The highest BCUT2D eigenvalue weighted by molar-refractivity contribution is 5.79. The van der Waals surface area contributed by atoms with E-state index in [0.717, 1.165) is 76.6 Å². The van der Waals surface area contributed by atoms with Crippen LogP contribution in [0.15, 0.2) is 12.4 Å². The summed E-state index contributed by atoms with van der Waals surface area (Å²) < 4.78 is 5.40. The molecule has 160 valence electrons. The fraction of sp³-hybridized carbons (Fsp3) is 0.762. The van der Waals surface area contributed by atoms with Gasteiger partial charge < -0.3 is 19.4 Å². The first-order valence-corrected chi connectivity index (χ1v) is 11.0. The molecule has 3 aliphatic rings. The van der Waals surface area contributed by atoms with Gasteiger partial charge in [0, 0.05) is 52.9 Å². The summed E-state index contributed by atoms with van der Waals surface area (Å²) in [4.78, 5) is 30.9. The van der Waals surface area contributed by atoms with Crippen molar-refractivity contribution >= 4 is 17.5 Å². The maximum absolute atomic E-state index is 12.9. The van der Waals surface area contributed by atoms with Crippen molar-refractivity contribution in [1.29, 1.82) is 0 Å². The van der Waals surface area contributed by atoms with Crippen molar-refractivity contribution in [3.05, 3.63) is 12.4 Å². The topological polar surface area (TPSA) is 65.0 Å². The van der Waals surface area contributed by atoms with Crippen molar-refractivity contribution in [1.82, 2.24) is 19.8 Å². The highest BCUT2D eigenvalue weighted by Crippen LogP contribution is 2.27. The first-order chi connectivity index (χ1) is 14.1. The third kappa shape index (κ3) is 4.80. The van der Waals surface area contributed by atoms with Crippen LogP contribution in [0.1, 0.15) is 25.7 Å². The molecule has 1 amide bonds. The fourth-order valence-corrected chi connectivity index (χ4v) is 4.76. The largest absolute Gasteiger partial charge is 0.378 e. The number of aromatic nitrogens is 2. The molecule has 0 aromatic carbocycles. The third-order valence-electron chi connectivity index (χ3n) is 6.50. The standard InChI is InChI=1S/C21H34N6O2/c1-24(2)19-14-22-15-20(23-19)25-8-5-18(6-9-25)27-7-3-4-17(16-27)21(28)26-10-12-29-13-11-26/h14-15,17-18H,3-13,16H2,1-2H3. The van der Waals surface area contributed by atoms with Gasteiger partial charge in [0.05, 0.1) is 31.5 Å². The van der Waals surface area contributed by atoms with Gasteiger partial charge in [-0.15, -0.1) is 0 Å². The molecule has 8 heteroatoms. The number of morpholine rings is 1. The normalized spacial score (nSPS) is 24.6. The predicted molar refractivity (Wildman–Crippen MR) is 113 cm³/mol. The molecule has 8 nitrogen and oxygen atoms in total. The highest BCUT2D eigenvalue weighted by Gasteiger charge is 2.34. The van der Waals surface area contributed by atoms with Gasteiger partial charge in [-0.1, -0.05) is 0 Å². The summed E-state index contributed by atoms with van der Waals surface area (Å²) in [5, 5.41) is 0. The lowest BCUT2D eigenvalue weighted by atomic mass is 9.92. The zero-order valence-electron chi connectivity index (χ0n) is 17.8. The number of anilines is 2. The zero-order chi connectivity index (χ0) is 20.2. The van der Waals surface area contributed by atoms with E-state index in [1.54, 1.807) is 6.20 Å². The monoisotopic (exact) mass is 402 g/mol. The Bertz CT molecular complexity index is 686. The van der Waals surface area contributed by atoms with E-state index in [9.17, 15) is 4.79 Å². The van der Waals surface area contributed by atoms with Gasteiger partial charge in [-0.2, -0.15) is 0 Å². The molecule has 1 aromatic rings. The maximum atomic E-state index is 12.9. The number of carbonyl (C=O) groups is 1. The number of hydrogen-bond donors (Lipinski definition) is 0. The summed E-state index contributed by atoms with van der Waals surface area (Å²) in [5.74, 6) is 2.35. The van der Waals surface area contributed by atoms with Crippen molar-refractivity contribution in [3.8, 4) is 0 Å². The van der Waals surface area contributed by atoms with Crippen LogP contribution in [0.2, 0.25) is 0 Å². The van der Waals surface area contributed by atoms with Crippen molar-refractivity contribution in [2.75, 3.05) is 76.4 Å². The molecule has 29 heavy (non-hydrogen) atoms. The molecule has 3 aliphatic heterocycles. The zero-order valence-corrected chi connectivity index (χ0v) is 17.8. The Morgan fingerprint density at radius 2 is 1.83 bits per heavy atom. The van der Waals surface area contributed by atoms with Gasteiger partial charge in [0.15, 0.2) is 0 Å². The average Bonchev–Trinajstić information content (AvgIpc) is 2.79. The van der Waals surface area contributed by atoms with Crippen molar-refractivity contribution in [2.45, 2.75) is 31.7 Å². The molecule has 1 atom stereocenters. The summed E-state index contributed by atoms with van der Waals surface area (Å²) in [6.45, 7) is 6.88.